The summed E-state index contributed by atoms with van der Waals surface area (Å²) in [7, 11) is -0.549. The van der Waals surface area contributed by atoms with E-state index in [2.05, 4.69) is 5.32 Å². The SMILES string of the molecule is CC(C)[C@@H](CO)Nc1ccc(S(=O)(=O)N(C)C)cc1N. The molecule has 0 aromatic heterocycles. The highest BCUT2D eigenvalue weighted by atomic mass is 32.2. The highest BCUT2D eigenvalue weighted by Gasteiger charge is 2.19. The second kappa shape index (κ2) is 6.43. The first-order valence-corrected chi connectivity index (χ1v) is 7.83. The molecule has 0 fully saturated rings. The molecule has 0 aliphatic carbocycles. The summed E-state index contributed by atoms with van der Waals surface area (Å²) >= 11 is 0. The number of nitrogens with one attached hydrogen (secondary N) is 1. The Balaban J connectivity index is 3.06. The molecule has 7 heteroatoms. The van der Waals surface area contributed by atoms with E-state index in [1.807, 2.05) is 13.8 Å². The molecule has 0 bridgehead atoms. The molecule has 0 saturated carbocycles. The molecule has 0 spiro atoms. The van der Waals surface area contributed by atoms with Crippen molar-refractivity contribution < 1.29 is 13.5 Å². The molecule has 0 saturated heterocycles. The van der Waals surface area contributed by atoms with E-state index in [4.69, 9.17) is 5.73 Å². The van der Waals surface area contributed by atoms with Crippen molar-refractivity contribution in [1.82, 2.24) is 4.31 Å². The fraction of sp³-hybridized carbons (Fsp3) is 0.538. The van der Waals surface area contributed by atoms with Crippen LogP contribution in [0.3, 0.4) is 0 Å². The fourth-order valence-electron chi connectivity index (χ4n) is 1.67. The van der Waals surface area contributed by atoms with E-state index in [0.29, 0.717) is 11.4 Å². The number of aliphatic hydroxyl groups excluding tert-OH is 1. The zero-order chi connectivity index (χ0) is 15.5. The maximum Gasteiger partial charge on any atom is 0.242 e. The molecule has 1 aromatic rings. The number of nitrogens with two attached hydrogens (primary N) is 1. The number of aliphatic hydroxyl groups is 1. The smallest absolute Gasteiger partial charge is 0.242 e. The van der Waals surface area contributed by atoms with Crippen molar-refractivity contribution >= 4 is 21.4 Å². The molecule has 4 N–H and O–H groups in total. The zero-order valence-corrected chi connectivity index (χ0v) is 13.1. The van der Waals surface area contributed by atoms with Crippen LogP contribution in [-0.2, 0) is 10.0 Å². The van der Waals surface area contributed by atoms with Gasteiger partial charge in [0.05, 0.1) is 28.9 Å². The molecule has 0 unspecified atom stereocenters. The van der Waals surface area contributed by atoms with Crippen LogP contribution in [0, 0.1) is 5.92 Å². The van der Waals surface area contributed by atoms with Gasteiger partial charge in [-0.2, -0.15) is 0 Å². The van der Waals surface area contributed by atoms with Crippen LogP contribution in [0.1, 0.15) is 13.8 Å². The lowest BCUT2D eigenvalue weighted by Gasteiger charge is -2.22. The van der Waals surface area contributed by atoms with E-state index in [0.717, 1.165) is 4.31 Å². The monoisotopic (exact) mass is 301 g/mol. The Morgan fingerprint density at radius 3 is 2.35 bits per heavy atom. The van der Waals surface area contributed by atoms with E-state index >= 15 is 0 Å². The molecular formula is C13H23N3O3S. The number of sulfonamides is 1. The number of rotatable bonds is 6. The zero-order valence-electron chi connectivity index (χ0n) is 12.3. The number of hydrogen-bond donors (Lipinski definition) is 3. The lowest BCUT2D eigenvalue weighted by atomic mass is 10.0. The molecular weight excluding hydrogens is 278 g/mol. The van der Waals surface area contributed by atoms with E-state index in [9.17, 15) is 13.5 Å². The van der Waals surface area contributed by atoms with Crippen LogP contribution in [0.2, 0.25) is 0 Å². The number of nitrogen functional groups attached to an aromatic ring is 1. The Labute approximate surface area is 120 Å². The van der Waals surface area contributed by atoms with Gasteiger partial charge in [0.1, 0.15) is 0 Å². The molecule has 0 heterocycles. The molecule has 0 radical (unpaired) electrons. The van der Waals surface area contributed by atoms with Crippen LogP contribution in [0.25, 0.3) is 0 Å². The van der Waals surface area contributed by atoms with E-state index in [1.165, 1.54) is 26.2 Å². The van der Waals surface area contributed by atoms with Crippen molar-refractivity contribution in [2.24, 2.45) is 5.92 Å². The Morgan fingerprint density at radius 2 is 1.95 bits per heavy atom. The van der Waals surface area contributed by atoms with Crippen molar-refractivity contribution in [2.75, 3.05) is 31.8 Å². The highest BCUT2D eigenvalue weighted by Crippen LogP contribution is 2.25. The lowest BCUT2D eigenvalue weighted by molar-refractivity contribution is 0.249. The third-order valence-electron chi connectivity index (χ3n) is 3.14. The molecule has 1 rings (SSSR count). The Morgan fingerprint density at radius 1 is 1.35 bits per heavy atom. The van der Waals surface area contributed by atoms with Gasteiger partial charge >= 0.3 is 0 Å². The van der Waals surface area contributed by atoms with Gasteiger partial charge in [-0.05, 0) is 24.1 Å². The predicted octanol–water partition coefficient (Wildman–Crippen LogP) is 0.948. The predicted molar refractivity (Wildman–Crippen MR) is 81.1 cm³/mol. The molecule has 0 amide bonds. The van der Waals surface area contributed by atoms with Crippen molar-refractivity contribution in [2.45, 2.75) is 24.8 Å². The normalized spacial score (nSPS) is 13.8. The second-order valence-electron chi connectivity index (χ2n) is 5.21. The van der Waals surface area contributed by atoms with Crippen molar-refractivity contribution in [3.63, 3.8) is 0 Å². The Bertz CT molecular complexity index is 556. The topological polar surface area (TPSA) is 95.7 Å². The van der Waals surface area contributed by atoms with Gasteiger partial charge in [-0.15, -0.1) is 0 Å². The summed E-state index contributed by atoms with van der Waals surface area (Å²) in [6.45, 7) is 3.94. The highest BCUT2D eigenvalue weighted by molar-refractivity contribution is 7.89. The first-order valence-electron chi connectivity index (χ1n) is 6.39. The molecule has 1 atom stereocenters. The fourth-order valence-corrected chi connectivity index (χ4v) is 2.60. The van der Waals surface area contributed by atoms with E-state index < -0.39 is 10.0 Å². The van der Waals surface area contributed by atoms with Gasteiger partial charge in [-0.25, -0.2) is 12.7 Å². The average Bonchev–Trinajstić information content (AvgIpc) is 2.36. The van der Waals surface area contributed by atoms with Crippen LogP contribution < -0.4 is 11.1 Å². The standard InChI is InChI=1S/C13H23N3O3S/c1-9(2)13(8-17)15-12-6-5-10(7-11(12)14)20(18,19)16(3)4/h5-7,9,13,15,17H,8,14H2,1-4H3/t13-/m1/s1. The quantitative estimate of drug-likeness (QED) is 0.680. The molecule has 114 valence electrons. The van der Waals surface area contributed by atoms with Crippen molar-refractivity contribution in [3.8, 4) is 0 Å². The van der Waals surface area contributed by atoms with Gasteiger partial charge in [-0.3, -0.25) is 0 Å². The van der Waals surface area contributed by atoms with E-state index in [1.54, 1.807) is 6.07 Å². The minimum absolute atomic E-state index is 0.0190. The van der Waals surface area contributed by atoms with Crippen LogP contribution >= 0.6 is 0 Å². The van der Waals surface area contributed by atoms with Crippen LogP contribution in [0.4, 0.5) is 11.4 Å². The minimum Gasteiger partial charge on any atom is -0.397 e. The van der Waals surface area contributed by atoms with Gasteiger partial charge in [-0.1, -0.05) is 13.8 Å². The summed E-state index contributed by atoms with van der Waals surface area (Å²) < 4.78 is 25.1. The Kier molecular flexibility index (Phi) is 5.38. The van der Waals surface area contributed by atoms with Crippen molar-refractivity contribution in [1.29, 1.82) is 0 Å². The first-order chi connectivity index (χ1) is 9.20. The van der Waals surface area contributed by atoms with Crippen LogP contribution in [0.15, 0.2) is 23.1 Å². The third-order valence-corrected chi connectivity index (χ3v) is 4.96. The number of nitrogens with zero attached hydrogens (tertiary/aromatic N) is 1. The number of benzene rings is 1. The first kappa shape index (κ1) is 16.7. The van der Waals surface area contributed by atoms with Gasteiger partial charge < -0.3 is 16.2 Å². The molecule has 6 nitrogen and oxygen atoms in total. The molecule has 0 aliphatic rings. The summed E-state index contributed by atoms with van der Waals surface area (Å²) in [5, 5.41) is 12.4. The number of anilines is 2. The second-order valence-corrected chi connectivity index (χ2v) is 7.37. The van der Waals surface area contributed by atoms with Gasteiger partial charge in [0.2, 0.25) is 10.0 Å². The lowest BCUT2D eigenvalue weighted by Crippen LogP contribution is -2.30. The van der Waals surface area contributed by atoms with Gasteiger partial charge in [0.25, 0.3) is 0 Å². The van der Waals surface area contributed by atoms with Crippen LogP contribution in [-0.4, -0.2) is 44.6 Å². The maximum absolute atomic E-state index is 12.0. The summed E-state index contributed by atoms with van der Waals surface area (Å²) in [4.78, 5) is 0.149. The Hall–Kier alpha value is -1.31. The van der Waals surface area contributed by atoms with Gasteiger partial charge in [0, 0.05) is 14.1 Å². The third kappa shape index (κ3) is 3.62. The van der Waals surface area contributed by atoms with Gasteiger partial charge in [0.15, 0.2) is 0 Å². The molecule has 0 aliphatic heterocycles. The minimum atomic E-state index is -3.49. The summed E-state index contributed by atoms with van der Waals surface area (Å²) in [6.07, 6.45) is 0. The van der Waals surface area contributed by atoms with Crippen LogP contribution in [0.5, 0.6) is 0 Å². The summed E-state index contributed by atoms with van der Waals surface area (Å²) in [6, 6.07) is 4.42. The molecule has 20 heavy (non-hydrogen) atoms. The maximum atomic E-state index is 12.0. The largest absolute Gasteiger partial charge is 0.397 e. The molecule has 1 aromatic carbocycles. The van der Waals surface area contributed by atoms with E-state index in [-0.39, 0.29) is 23.5 Å². The summed E-state index contributed by atoms with van der Waals surface area (Å²) in [5.74, 6) is 0.226. The average molecular weight is 301 g/mol. The number of hydrogen-bond acceptors (Lipinski definition) is 5. The van der Waals surface area contributed by atoms with Crippen molar-refractivity contribution in [3.05, 3.63) is 18.2 Å². The summed E-state index contributed by atoms with van der Waals surface area (Å²) in [5.41, 5.74) is 6.85.